The van der Waals surface area contributed by atoms with Crippen LogP contribution < -0.4 is 5.32 Å². The van der Waals surface area contributed by atoms with Gasteiger partial charge in [-0.3, -0.25) is 4.79 Å². The predicted molar refractivity (Wildman–Crippen MR) is 104 cm³/mol. The number of aliphatic hydroxyl groups excluding tert-OH is 1. The largest absolute Gasteiger partial charge is 0.394 e. The Morgan fingerprint density at radius 2 is 2.12 bits per heavy atom. The first kappa shape index (κ1) is 20.3. The van der Waals surface area contributed by atoms with Crippen molar-refractivity contribution >= 4 is 29.4 Å². The number of aromatic nitrogens is 2. The summed E-state index contributed by atoms with van der Waals surface area (Å²) in [6.07, 6.45) is 7.59. The summed E-state index contributed by atoms with van der Waals surface area (Å²) in [4.78, 5) is 17.4. The van der Waals surface area contributed by atoms with Crippen LogP contribution in [0.4, 0.5) is 0 Å². The van der Waals surface area contributed by atoms with Crippen LogP contribution in [0.5, 0.6) is 0 Å². The van der Waals surface area contributed by atoms with Crippen molar-refractivity contribution in [2.75, 3.05) is 6.61 Å². The van der Waals surface area contributed by atoms with Crippen LogP contribution >= 0.6 is 11.3 Å². The van der Waals surface area contributed by atoms with Gasteiger partial charge in [0.15, 0.2) is 0 Å². The molecule has 0 aliphatic rings. The number of carbonyl (C=O) groups excluding carboxylic acids is 1. The zero-order chi connectivity index (χ0) is 19.1. The average molecular weight is 378 g/mol. The van der Waals surface area contributed by atoms with E-state index < -0.39 is 0 Å². The summed E-state index contributed by atoms with van der Waals surface area (Å²) in [5, 5.41) is 17.0. The maximum absolute atomic E-state index is 12.4. The van der Waals surface area contributed by atoms with E-state index in [1.165, 1.54) is 11.3 Å². The van der Waals surface area contributed by atoms with Crippen LogP contribution in [0, 0.1) is 13.8 Å². The second-order valence-corrected chi connectivity index (χ2v) is 7.29. The molecule has 2 aromatic rings. The monoisotopic (exact) mass is 377 g/mol. The van der Waals surface area contributed by atoms with Gasteiger partial charge in [-0.15, -0.1) is 11.3 Å². The Morgan fingerprint density at radius 3 is 2.77 bits per heavy atom. The van der Waals surface area contributed by atoms with E-state index in [-0.39, 0.29) is 18.6 Å². The number of hydrogen-bond acceptors (Lipinski definition) is 6. The molecular formula is C19H27N3O3S. The van der Waals surface area contributed by atoms with Gasteiger partial charge in [0.05, 0.1) is 24.0 Å². The van der Waals surface area contributed by atoms with E-state index >= 15 is 0 Å². The standard InChI is InChI=1S/C19H27N3O3S/c1-5-7-8-16-15(13(4)25-22-16)9-10-17-20-12(3)18(26-17)19(24)21-14(6-2)11-23/h9-10,14,23H,5-8,11H2,1-4H3,(H,21,24)/t14-/m1/s1. The molecule has 0 aliphatic heterocycles. The zero-order valence-corrected chi connectivity index (χ0v) is 16.7. The van der Waals surface area contributed by atoms with Crippen molar-refractivity contribution in [2.24, 2.45) is 0 Å². The summed E-state index contributed by atoms with van der Waals surface area (Å²) >= 11 is 1.34. The smallest absolute Gasteiger partial charge is 0.263 e. The van der Waals surface area contributed by atoms with E-state index in [9.17, 15) is 9.90 Å². The van der Waals surface area contributed by atoms with Gasteiger partial charge in [-0.25, -0.2) is 4.98 Å². The van der Waals surface area contributed by atoms with Gasteiger partial charge in [-0.2, -0.15) is 0 Å². The molecule has 0 aliphatic carbocycles. The van der Waals surface area contributed by atoms with Crippen molar-refractivity contribution in [2.45, 2.75) is 59.4 Å². The number of nitrogens with one attached hydrogen (secondary N) is 1. The van der Waals surface area contributed by atoms with E-state index in [0.717, 1.165) is 41.3 Å². The highest BCUT2D eigenvalue weighted by Crippen LogP contribution is 2.23. The van der Waals surface area contributed by atoms with E-state index in [1.807, 2.05) is 32.9 Å². The number of hydrogen-bond donors (Lipinski definition) is 2. The molecule has 7 heteroatoms. The topological polar surface area (TPSA) is 88.2 Å². The van der Waals surface area contributed by atoms with Gasteiger partial charge >= 0.3 is 0 Å². The Kier molecular flexibility index (Phi) is 7.53. The highest BCUT2D eigenvalue weighted by molar-refractivity contribution is 7.14. The molecule has 1 amide bonds. The van der Waals surface area contributed by atoms with Gasteiger partial charge in [0.25, 0.3) is 5.91 Å². The van der Waals surface area contributed by atoms with Gasteiger partial charge in [0.1, 0.15) is 15.6 Å². The number of aryl methyl sites for hydroxylation is 3. The van der Waals surface area contributed by atoms with Crippen molar-refractivity contribution in [3.63, 3.8) is 0 Å². The zero-order valence-electron chi connectivity index (χ0n) is 15.8. The molecule has 2 rings (SSSR count). The Bertz CT molecular complexity index is 760. The third-order valence-electron chi connectivity index (χ3n) is 4.21. The number of carbonyl (C=O) groups is 1. The normalized spacial score (nSPS) is 12.7. The number of unbranched alkanes of at least 4 members (excludes halogenated alkanes) is 1. The lowest BCUT2D eigenvalue weighted by Gasteiger charge is -2.12. The van der Waals surface area contributed by atoms with Crippen LogP contribution in [-0.2, 0) is 6.42 Å². The molecule has 2 N–H and O–H groups in total. The van der Waals surface area contributed by atoms with Gasteiger partial charge in [0.2, 0.25) is 0 Å². The minimum absolute atomic E-state index is 0.0693. The van der Waals surface area contributed by atoms with Gasteiger partial charge in [0, 0.05) is 5.56 Å². The van der Waals surface area contributed by atoms with Crippen LogP contribution in [0.15, 0.2) is 4.52 Å². The third-order valence-corrected chi connectivity index (χ3v) is 5.33. The van der Waals surface area contributed by atoms with E-state index in [1.54, 1.807) is 0 Å². The fraction of sp³-hybridized carbons (Fsp3) is 0.526. The van der Waals surface area contributed by atoms with Crippen molar-refractivity contribution in [1.82, 2.24) is 15.5 Å². The average Bonchev–Trinajstić information content (AvgIpc) is 3.18. The van der Waals surface area contributed by atoms with Gasteiger partial charge in [-0.1, -0.05) is 25.4 Å². The molecule has 2 heterocycles. The molecule has 26 heavy (non-hydrogen) atoms. The maximum Gasteiger partial charge on any atom is 0.263 e. The predicted octanol–water partition coefficient (Wildman–Crippen LogP) is 3.76. The summed E-state index contributed by atoms with van der Waals surface area (Å²) in [7, 11) is 0. The molecule has 0 aromatic carbocycles. The first-order valence-corrected chi connectivity index (χ1v) is 9.84. The van der Waals surface area contributed by atoms with Crippen molar-refractivity contribution in [1.29, 1.82) is 0 Å². The summed E-state index contributed by atoms with van der Waals surface area (Å²) in [6.45, 7) is 7.72. The molecular weight excluding hydrogens is 350 g/mol. The lowest BCUT2D eigenvalue weighted by Crippen LogP contribution is -2.36. The molecule has 0 saturated heterocycles. The minimum Gasteiger partial charge on any atom is -0.394 e. The van der Waals surface area contributed by atoms with Crippen LogP contribution in [0.2, 0.25) is 0 Å². The number of thiazole rings is 1. The number of nitrogens with zero attached hydrogens (tertiary/aromatic N) is 2. The van der Waals surface area contributed by atoms with Crippen LogP contribution in [0.25, 0.3) is 12.2 Å². The first-order valence-electron chi connectivity index (χ1n) is 9.02. The highest BCUT2D eigenvalue weighted by Gasteiger charge is 2.17. The number of rotatable bonds is 9. The van der Waals surface area contributed by atoms with Crippen molar-refractivity contribution in [3.8, 4) is 0 Å². The molecule has 1 atom stereocenters. The molecule has 2 aromatic heterocycles. The quantitative estimate of drug-likeness (QED) is 0.694. The maximum atomic E-state index is 12.4. The number of aliphatic hydroxyl groups is 1. The molecule has 0 fully saturated rings. The molecule has 0 saturated carbocycles. The van der Waals surface area contributed by atoms with Gasteiger partial charge in [-0.05, 0) is 45.3 Å². The fourth-order valence-electron chi connectivity index (χ4n) is 2.54. The molecule has 0 radical (unpaired) electrons. The van der Waals surface area contributed by atoms with E-state index in [0.29, 0.717) is 17.0 Å². The van der Waals surface area contributed by atoms with E-state index in [4.69, 9.17) is 4.52 Å². The minimum atomic E-state index is -0.233. The highest BCUT2D eigenvalue weighted by atomic mass is 32.1. The Hall–Kier alpha value is -1.99. The summed E-state index contributed by atoms with van der Waals surface area (Å²) < 4.78 is 5.31. The summed E-state index contributed by atoms with van der Waals surface area (Å²) in [5.74, 6) is 0.595. The Balaban J connectivity index is 2.15. The Morgan fingerprint density at radius 1 is 1.35 bits per heavy atom. The van der Waals surface area contributed by atoms with Crippen molar-refractivity contribution in [3.05, 3.63) is 32.6 Å². The lowest BCUT2D eigenvalue weighted by atomic mass is 10.1. The Labute approximate surface area is 158 Å². The summed E-state index contributed by atoms with van der Waals surface area (Å²) in [6, 6.07) is -0.233. The van der Waals surface area contributed by atoms with Crippen LogP contribution in [0.1, 0.15) is 70.5 Å². The first-order chi connectivity index (χ1) is 12.5. The lowest BCUT2D eigenvalue weighted by molar-refractivity contribution is 0.0918. The molecule has 6 nitrogen and oxygen atoms in total. The molecule has 142 valence electrons. The van der Waals surface area contributed by atoms with E-state index in [2.05, 4.69) is 22.4 Å². The summed E-state index contributed by atoms with van der Waals surface area (Å²) in [5.41, 5.74) is 2.64. The second-order valence-electron chi connectivity index (χ2n) is 6.26. The molecule has 0 unspecified atom stereocenters. The fourth-order valence-corrected chi connectivity index (χ4v) is 3.42. The van der Waals surface area contributed by atoms with Crippen LogP contribution in [0.3, 0.4) is 0 Å². The SMILES string of the molecule is CCCCc1noc(C)c1C=Cc1nc(C)c(C(=O)N[C@H](CC)CO)s1. The van der Waals surface area contributed by atoms with Crippen molar-refractivity contribution < 1.29 is 14.4 Å². The number of amides is 1. The third kappa shape index (κ3) is 5.02. The molecule has 0 spiro atoms. The molecule has 0 bridgehead atoms. The second kappa shape index (κ2) is 9.64. The van der Waals surface area contributed by atoms with Crippen LogP contribution in [-0.4, -0.2) is 33.8 Å². The van der Waals surface area contributed by atoms with Gasteiger partial charge < -0.3 is 14.9 Å².